The largest absolute Gasteiger partial charge is 0.492 e. The van der Waals surface area contributed by atoms with Crippen LogP contribution in [0.25, 0.3) is 0 Å². The first-order valence-electron chi connectivity index (χ1n) is 6.05. The van der Waals surface area contributed by atoms with Gasteiger partial charge in [0.1, 0.15) is 18.6 Å². The molecule has 1 heterocycles. The molecule has 0 amide bonds. The van der Waals surface area contributed by atoms with E-state index in [0.29, 0.717) is 6.61 Å². The molecular weight excluding hydrogens is 228 g/mol. The van der Waals surface area contributed by atoms with Gasteiger partial charge in [-0.05, 0) is 26.0 Å². The smallest absolute Gasteiger partial charge is 0.128 e. The van der Waals surface area contributed by atoms with E-state index in [9.17, 15) is 0 Å². The van der Waals surface area contributed by atoms with Crippen LogP contribution >= 0.6 is 0 Å². The molecule has 2 aromatic rings. The van der Waals surface area contributed by atoms with Gasteiger partial charge in [0.2, 0.25) is 0 Å². The van der Waals surface area contributed by atoms with Crippen LogP contribution in [0, 0.1) is 6.92 Å². The van der Waals surface area contributed by atoms with Crippen LogP contribution in [0.3, 0.4) is 0 Å². The highest BCUT2D eigenvalue weighted by Gasteiger charge is 2.03. The molecule has 1 unspecified atom stereocenters. The zero-order valence-electron chi connectivity index (χ0n) is 10.7. The normalized spacial score (nSPS) is 12.3. The minimum atomic E-state index is 0.265. The lowest BCUT2D eigenvalue weighted by Gasteiger charge is -2.14. The molecule has 2 rings (SSSR count). The Balaban J connectivity index is 1.71. The molecule has 0 aliphatic heterocycles. The predicted molar refractivity (Wildman–Crippen MR) is 69.5 cm³/mol. The molecule has 0 spiro atoms. The van der Waals surface area contributed by atoms with E-state index in [1.165, 1.54) is 5.56 Å². The third-order valence-electron chi connectivity index (χ3n) is 2.66. The summed E-state index contributed by atoms with van der Waals surface area (Å²) in [6, 6.07) is 8.33. The number of benzene rings is 1. The summed E-state index contributed by atoms with van der Waals surface area (Å²) in [6.07, 6.45) is 3.35. The molecule has 1 N–H and O–H groups in total. The van der Waals surface area contributed by atoms with Crippen LogP contribution in [0.2, 0.25) is 0 Å². The maximum absolute atomic E-state index is 5.69. The van der Waals surface area contributed by atoms with E-state index in [4.69, 9.17) is 9.26 Å². The van der Waals surface area contributed by atoms with Crippen LogP contribution in [0.4, 0.5) is 0 Å². The van der Waals surface area contributed by atoms with Crippen molar-refractivity contribution in [1.29, 1.82) is 0 Å². The summed E-state index contributed by atoms with van der Waals surface area (Å²) in [4.78, 5) is 0. The quantitative estimate of drug-likeness (QED) is 0.851. The van der Waals surface area contributed by atoms with E-state index < -0.39 is 0 Å². The fourth-order valence-electron chi connectivity index (χ4n) is 1.52. The van der Waals surface area contributed by atoms with Crippen LogP contribution in [-0.4, -0.2) is 17.8 Å². The maximum Gasteiger partial charge on any atom is 0.128 e. The number of nitrogens with zero attached hydrogens (tertiary/aromatic N) is 1. The molecule has 1 aromatic heterocycles. The Morgan fingerprint density at radius 2 is 2.11 bits per heavy atom. The topological polar surface area (TPSA) is 47.3 Å². The van der Waals surface area contributed by atoms with Crippen molar-refractivity contribution in [3.8, 4) is 5.75 Å². The van der Waals surface area contributed by atoms with Gasteiger partial charge in [-0.15, -0.1) is 0 Å². The van der Waals surface area contributed by atoms with Crippen LogP contribution in [0.15, 0.2) is 41.2 Å². The Hall–Kier alpha value is -1.81. The minimum absolute atomic E-state index is 0.265. The Labute approximate surface area is 107 Å². The van der Waals surface area contributed by atoms with Gasteiger partial charge < -0.3 is 14.6 Å². The van der Waals surface area contributed by atoms with Gasteiger partial charge in [-0.2, -0.15) is 0 Å². The second-order valence-corrected chi connectivity index (χ2v) is 4.44. The van der Waals surface area contributed by atoms with Crippen molar-refractivity contribution in [3.63, 3.8) is 0 Å². The van der Waals surface area contributed by atoms with E-state index in [1.54, 1.807) is 12.5 Å². The molecule has 1 aromatic carbocycles. The fourth-order valence-corrected chi connectivity index (χ4v) is 1.52. The molecule has 0 radical (unpaired) electrons. The average molecular weight is 246 g/mol. The van der Waals surface area contributed by atoms with Gasteiger partial charge in [0, 0.05) is 18.2 Å². The third kappa shape index (κ3) is 3.89. The Morgan fingerprint density at radius 3 is 2.78 bits per heavy atom. The van der Waals surface area contributed by atoms with Crippen molar-refractivity contribution >= 4 is 0 Å². The summed E-state index contributed by atoms with van der Waals surface area (Å²) in [5.41, 5.74) is 2.28. The lowest BCUT2D eigenvalue weighted by Crippen LogP contribution is -2.31. The number of ether oxygens (including phenoxy) is 1. The molecule has 0 bridgehead atoms. The Kier molecular flexibility index (Phi) is 4.36. The van der Waals surface area contributed by atoms with Crippen molar-refractivity contribution in [2.24, 2.45) is 0 Å². The first-order chi connectivity index (χ1) is 8.74. The summed E-state index contributed by atoms with van der Waals surface area (Å²) in [5.74, 6) is 0.902. The van der Waals surface area contributed by atoms with Crippen LogP contribution in [0.1, 0.15) is 18.1 Å². The first kappa shape index (κ1) is 12.6. The van der Waals surface area contributed by atoms with Crippen LogP contribution in [-0.2, 0) is 6.54 Å². The molecule has 0 aliphatic rings. The van der Waals surface area contributed by atoms with Gasteiger partial charge >= 0.3 is 0 Å². The van der Waals surface area contributed by atoms with Crippen molar-refractivity contribution in [2.45, 2.75) is 26.4 Å². The van der Waals surface area contributed by atoms with Gasteiger partial charge in [0.05, 0.1) is 6.20 Å². The summed E-state index contributed by atoms with van der Waals surface area (Å²) in [6.45, 7) is 5.52. The van der Waals surface area contributed by atoms with E-state index in [0.717, 1.165) is 17.9 Å². The van der Waals surface area contributed by atoms with E-state index in [2.05, 4.69) is 24.3 Å². The van der Waals surface area contributed by atoms with Gasteiger partial charge in [0.25, 0.3) is 0 Å². The first-order valence-corrected chi connectivity index (χ1v) is 6.05. The highest BCUT2D eigenvalue weighted by Crippen LogP contribution is 2.11. The molecule has 0 fully saturated rings. The average Bonchev–Trinajstić information content (AvgIpc) is 2.89. The van der Waals surface area contributed by atoms with Gasteiger partial charge in [0.15, 0.2) is 0 Å². The lowest BCUT2D eigenvalue weighted by atomic mass is 10.2. The number of hydrogen-bond acceptors (Lipinski definition) is 4. The van der Waals surface area contributed by atoms with Crippen molar-refractivity contribution in [2.75, 3.05) is 6.61 Å². The second-order valence-electron chi connectivity index (χ2n) is 4.44. The number of aryl methyl sites for hydroxylation is 1. The zero-order chi connectivity index (χ0) is 12.8. The van der Waals surface area contributed by atoms with Crippen molar-refractivity contribution in [3.05, 3.63) is 47.9 Å². The van der Waals surface area contributed by atoms with E-state index >= 15 is 0 Å². The van der Waals surface area contributed by atoms with E-state index in [1.807, 2.05) is 24.3 Å². The molecule has 4 heteroatoms. The highest BCUT2D eigenvalue weighted by atomic mass is 16.5. The predicted octanol–water partition coefficient (Wildman–Crippen LogP) is 2.54. The number of rotatable bonds is 6. The number of nitrogens with one attached hydrogen (secondary N) is 1. The molecule has 1 atom stereocenters. The SMILES string of the molecule is Cc1ccc(OCC(C)NCc2cnoc2)cc1. The van der Waals surface area contributed by atoms with Gasteiger partial charge in [-0.25, -0.2) is 0 Å². The summed E-state index contributed by atoms with van der Waals surface area (Å²) in [5, 5.41) is 7.00. The molecule has 0 aliphatic carbocycles. The van der Waals surface area contributed by atoms with Crippen LogP contribution in [0.5, 0.6) is 5.75 Å². The van der Waals surface area contributed by atoms with Gasteiger partial charge in [-0.1, -0.05) is 22.9 Å². The summed E-state index contributed by atoms with van der Waals surface area (Å²) in [7, 11) is 0. The standard InChI is InChI=1S/C14H18N2O2/c1-11-3-5-14(6-4-11)17-9-12(2)15-7-13-8-16-18-10-13/h3-6,8,10,12,15H,7,9H2,1-2H3. The Morgan fingerprint density at radius 1 is 1.33 bits per heavy atom. The molecule has 0 saturated heterocycles. The molecule has 18 heavy (non-hydrogen) atoms. The van der Waals surface area contributed by atoms with Crippen molar-refractivity contribution in [1.82, 2.24) is 10.5 Å². The number of hydrogen-bond donors (Lipinski definition) is 1. The van der Waals surface area contributed by atoms with Crippen LogP contribution < -0.4 is 10.1 Å². The van der Waals surface area contributed by atoms with Gasteiger partial charge in [-0.3, -0.25) is 0 Å². The van der Waals surface area contributed by atoms with Crippen molar-refractivity contribution < 1.29 is 9.26 Å². The Bertz CT molecular complexity index is 451. The molecule has 4 nitrogen and oxygen atoms in total. The second kappa shape index (κ2) is 6.21. The molecular formula is C14H18N2O2. The maximum atomic E-state index is 5.69. The summed E-state index contributed by atoms with van der Waals surface area (Å²) < 4.78 is 10.5. The van der Waals surface area contributed by atoms with E-state index in [-0.39, 0.29) is 6.04 Å². The zero-order valence-corrected chi connectivity index (χ0v) is 10.7. The minimum Gasteiger partial charge on any atom is -0.492 e. The third-order valence-corrected chi connectivity index (χ3v) is 2.66. The molecule has 96 valence electrons. The molecule has 0 saturated carbocycles. The lowest BCUT2D eigenvalue weighted by molar-refractivity contribution is 0.272. The number of aromatic nitrogens is 1. The fraction of sp³-hybridized carbons (Fsp3) is 0.357. The highest BCUT2D eigenvalue weighted by molar-refractivity contribution is 5.26. The monoisotopic (exact) mass is 246 g/mol. The summed E-state index contributed by atoms with van der Waals surface area (Å²) >= 11 is 0.